The first kappa shape index (κ1) is 18.4. The Morgan fingerprint density at radius 2 is 2.16 bits per heavy atom. The molecule has 11 heteroatoms. The topological polar surface area (TPSA) is 80.9 Å². The summed E-state index contributed by atoms with van der Waals surface area (Å²) in [5, 5.41) is 7.10. The molecule has 0 bridgehead atoms. The molecular weight excluding hydrogens is 325 g/mol. The van der Waals surface area contributed by atoms with Crippen molar-refractivity contribution in [3.63, 3.8) is 0 Å². The largest absolute Gasteiger partial charge is 0.445 e. The Morgan fingerprint density at radius 1 is 1.53 bits per heavy atom. The van der Waals surface area contributed by atoms with Gasteiger partial charge in [0, 0.05) is 0 Å². The second-order valence-corrected chi connectivity index (χ2v) is 5.25. The molecule has 5 nitrogen and oxygen atoms in total. The standard InChI is InChI=1S/C8H11F3N4OS2.ClH/c1-17-3-2-4(12)5(16)13-7-15-14-6(18-7)8(9,10)11;/h4H,2-3,12H2,1H3,(H,13,15,16);1H/t4-;/m0./s1. The molecule has 0 saturated heterocycles. The van der Waals surface area contributed by atoms with Crippen molar-refractivity contribution in [3.05, 3.63) is 5.01 Å². The molecule has 1 aromatic rings. The number of rotatable bonds is 5. The Morgan fingerprint density at radius 3 is 2.63 bits per heavy atom. The second-order valence-electron chi connectivity index (χ2n) is 3.29. The molecule has 0 aliphatic carbocycles. The molecule has 1 amide bonds. The van der Waals surface area contributed by atoms with Crippen LogP contribution in [0.1, 0.15) is 11.4 Å². The number of thioether (sulfide) groups is 1. The van der Waals surface area contributed by atoms with Gasteiger partial charge in [-0.1, -0.05) is 11.3 Å². The number of alkyl halides is 3. The number of anilines is 1. The number of carbonyl (C=O) groups excluding carboxylic acids is 1. The van der Waals surface area contributed by atoms with E-state index in [2.05, 4.69) is 15.5 Å². The van der Waals surface area contributed by atoms with Crippen LogP contribution in [0.15, 0.2) is 0 Å². The predicted molar refractivity (Wildman–Crippen MR) is 71.8 cm³/mol. The summed E-state index contributed by atoms with van der Waals surface area (Å²) in [6, 6.07) is -0.768. The van der Waals surface area contributed by atoms with Crippen LogP contribution in [0, 0.1) is 0 Å². The van der Waals surface area contributed by atoms with Crippen molar-refractivity contribution in [3.8, 4) is 0 Å². The van der Waals surface area contributed by atoms with E-state index < -0.39 is 23.1 Å². The number of nitrogens with one attached hydrogen (secondary N) is 1. The third kappa shape index (κ3) is 5.93. The van der Waals surface area contributed by atoms with Crippen molar-refractivity contribution in [1.29, 1.82) is 0 Å². The minimum atomic E-state index is -4.55. The number of carbonyl (C=O) groups is 1. The fraction of sp³-hybridized carbons (Fsp3) is 0.625. The highest BCUT2D eigenvalue weighted by Crippen LogP contribution is 2.32. The molecule has 1 aromatic heterocycles. The van der Waals surface area contributed by atoms with Crippen molar-refractivity contribution < 1.29 is 18.0 Å². The lowest BCUT2D eigenvalue weighted by Crippen LogP contribution is -2.36. The molecule has 0 aliphatic heterocycles. The highest BCUT2D eigenvalue weighted by molar-refractivity contribution is 7.98. The maximum atomic E-state index is 12.2. The van der Waals surface area contributed by atoms with Crippen LogP contribution in [-0.4, -0.2) is 34.2 Å². The SMILES string of the molecule is CSCC[C@H](N)C(=O)Nc1nnc(C(F)(F)F)s1.Cl. The molecule has 110 valence electrons. The zero-order valence-corrected chi connectivity index (χ0v) is 12.2. The van der Waals surface area contributed by atoms with Gasteiger partial charge in [-0.3, -0.25) is 10.1 Å². The van der Waals surface area contributed by atoms with Gasteiger partial charge in [-0.25, -0.2) is 0 Å². The van der Waals surface area contributed by atoms with Crippen molar-refractivity contribution in [2.45, 2.75) is 18.6 Å². The molecule has 1 heterocycles. The first-order valence-electron chi connectivity index (χ1n) is 4.80. The van der Waals surface area contributed by atoms with Gasteiger partial charge >= 0.3 is 6.18 Å². The molecule has 0 radical (unpaired) electrons. The van der Waals surface area contributed by atoms with Crippen LogP contribution in [0.25, 0.3) is 0 Å². The van der Waals surface area contributed by atoms with E-state index in [-0.39, 0.29) is 28.9 Å². The molecule has 1 rings (SSSR count). The molecule has 1 atom stereocenters. The van der Waals surface area contributed by atoms with Gasteiger partial charge < -0.3 is 5.73 Å². The van der Waals surface area contributed by atoms with Gasteiger partial charge in [-0.15, -0.1) is 22.6 Å². The number of hydrogen-bond acceptors (Lipinski definition) is 6. The van der Waals surface area contributed by atoms with Gasteiger partial charge in [0.2, 0.25) is 16.0 Å². The fourth-order valence-electron chi connectivity index (χ4n) is 0.962. The van der Waals surface area contributed by atoms with Crippen molar-refractivity contribution in [2.75, 3.05) is 17.3 Å². The summed E-state index contributed by atoms with van der Waals surface area (Å²) in [4.78, 5) is 11.5. The van der Waals surface area contributed by atoms with Gasteiger partial charge in [0.05, 0.1) is 6.04 Å². The van der Waals surface area contributed by atoms with Gasteiger partial charge in [0.15, 0.2) is 0 Å². The van der Waals surface area contributed by atoms with Crippen LogP contribution in [0.4, 0.5) is 18.3 Å². The van der Waals surface area contributed by atoms with Gasteiger partial charge in [-0.2, -0.15) is 24.9 Å². The monoisotopic (exact) mass is 336 g/mol. The zero-order valence-electron chi connectivity index (χ0n) is 9.73. The van der Waals surface area contributed by atoms with Crippen LogP contribution in [0.3, 0.4) is 0 Å². The van der Waals surface area contributed by atoms with Crippen molar-refractivity contribution in [1.82, 2.24) is 10.2 Å². The number of aromatic nitrogens is 2. The average Bonchev–Trinajstić information content (AvgIpc) is 2.73. The van der Waals surface area contributed by atoms with Crippen LogP contribution in [-0.2, 0) is 11.0 Å². The Labute approximate surface area is 121 Å². The molecule has 0 aliphatic rings. The first-order valence-corrected chi connectivity index (χ1v) is 7.01. The summed E-state index contributed by atoms with van der Waals surface area (Å²) in [7, 11) is 0. The molecule has 0 unspecified atom stereocenters. The molecule has 19 heavy (non-hydrogen) atoms. The molecule has 0 fully saturated rings. The minimum Gasteiger partial charge on any atom is -0.320 e. The smallest absolute Gasteiger partial charge is 0.320 e. The molecule has 0 saturated carbocycles. The summed E-state index contributed by atoms with van der Waals surface area (Å²) in [6.07, 6.45) is -2.25. The highest BCUT2D eigenvalue weighted by Gasteiger charge is 2.35. The number of nitrogens with two attached hydrogens (primary N) is 1. The summed E-state index contributed by atoms with van der Waals surface area (Å²) < 4.78 is 36.7. The van der Waals surface area contributed by atoms with E-state index in [1.54, 1.807) is 0 Å². The molecule has 3 N–H and O–H groups in total. The van der Waals surface area contributed by atoms with E-state index in [9.17, 15) is 18.0 Å². The second kappa shape index (κ2) is 7.88. The van der Waals surface area contributed by atoms with E-state index in [1.807, 2.05) is 6.26 Å². The highest BCUT2D eigenvalue weighted by atomic mass is 35.5. The summed E-state index contributed by atoms with van der Waals surface area (Å²) >= 11 is 1.80. The predicted octanol–water partition coefficient (Wildman–Crippen LogP) is 2.00. The fourth-order valence-corrected chi connectivity index (χ4v) is 2.07. The van der Waals surface area contributed by atoms with E-state index in [0.717, 1.165) is 0 Å². The Hall–Kier alpha value is -0.580. The lowest BCUT2D eigenvalue weighted by molar-refractivity contribution is -0.138. The third-order valence-corrected chi connectivity index (χ3v) is 3.39. The Balaban J connectivity index is 0.00000324. The summed E-state index contributed by atoms with van der Waals surface area (Å²) in [5.74, 6) is 0.132. The molecule has 0 aromatic carbocycles. The lowest BCUT2D eigenvalue weighted by Gasteiger charge is -2.08. The number of amides is 1. The normalized spacial score (nSPS) is 12.7. The van der Waals surface area contributed by atoms with E-state index >= 15 is 0 Å². The Bertz CT molecular complexity index is 415. The number of nitrogens with zero attached hydrogens (tertiary/aromatic N) is 2. The number of hydrogen-bond donors (Lipinski definition) is 2. The number of halogens is 4. The van der Waals surface area contributed by atoms with Crippen LogP contribution >= 0.6 is 35.5 Å². The maximum Gasteiger partial charge on any atom is 0.445 e. The summed E-state index contributed by atoms with van der Waals surface area (Å²) in [6.45, 7) is 0. The summed E-state index contributed by atoms with van der Waals surface area (Å²) in [5.41, 5.74) is 5.55. The van der Waals surface area contributed by atoms with E-state index in [1.165, 1.54) is 11.8 Å². The lowest BCUT2D eigenvalue weighted by atomic mass is 10.2. The first-order chi connectivity index (χ1) is 8.34. The van der Waals surface area contributed by atoms with Crippen molar-refractivity contribution in [2.24, 2.45) is 5.73 Å². The van der Waals surface area contributed by atoms with Gasteiger partial charge in [-0.05, 0) is 18.4 Å². The Kier molecular flexibility index (Phi) is 7.64. The van der Waals surface area contributed by atoms with Crippen LogP contribution in [0.5, 0.6) is 0 Å². The maximum absolute atomic E-state index is 12.2. The average molecular weight is 337 g/mol. The molecule has 0 spiro atoms. The zero-order chi connectivity index (χ0) is 13.8. The van der Waals surface area contributed by atoms with Gasteiger partial charge in [0.25, 0.3) is 0 Å². The van der Waals surface area contributed by atoms with E-state index in [4.69, 9.17) is 5.73 Å². The van der Waals surface area contributed by atoms with E-state index in [0.29, 0.717) is 12.2 Å². The van der Waals surface area contributed by atoms with Gasteiger partial charge in [0.1, 0.15) is 0 Å². The minimum absolute atomic E-state index is 0. The third-order valence-electron chi connectivity index (χ3n) is 1.87. The van der Waals surface area contributed by atoms with Crippen LogP contribution in [0.2, 0.25) is 0 Å². The van der Waals surface area contributed by atoms with Crippen molar-refractivity contribution >= 4 is 46.5 Å². The molecular formula is C8H12ClF3N4OS2. The van der Waals surface area contributed by atoms with Crippen LogP contribution < -0.4 is 11.1 Å². The quantitative estimate of drug-likeness (QED) is 0.859.